The molecule has 0 fully saturated rings. The van der Waals surface area contributed by atoms with E-state index >= 15 is 0 Å². The molecule has 2 aromatic rings. The highest BCUT2D eigenvalue weighted by molar-refractivity contribution is 5.91. The minimum absolute atomic E-state index is 0.174. The van der Waals surface area contributed by atoms with Crippen molar-refractivity contribution in [2.75, 3.05) is 7.11 Å². The zero-order valence-corrected chi connectivity index (χ0v) is 11.8. The molecule has 1 aromatic carbocycles. The Labute approximate surface area is 122 Å². The van der Waals surface area contributed by atoms with Gasteiger partial charge < -0.3 is 10.1 Å². The number of rotatable bonds is 5. The van der Waals surface area contributed by atoms with Crippen molar-refractivity contribution >= 4 is 12.0 Å². The largest absolute Gasteiger partial charge is 0.494 e. The molecule has 1 aromatic heterocycles. The summed E-state index contributed by atoms with van der Waals surface area (Å²) < 4.78 is 20.0. The van der Waals surface area contributed by atoms with Crippen LogP contribution in [0.3, 0.4) is 0 Å². The Morgan fingerprint density at radius 3 is 2.95 bits per heavy atom. The second-order valence-corrected chi connectivity index (χ2v) is 4.47. The fraction of sp³-hybridized carbons (Fsp3) is 0.200. The Bertz CT molecular complexity index is 665. The molecule has 1 amide bonds. The molecule has 0 aliphatic heterocycles. The third kappa shape index (κ3) is 4.17. The lowest BCUT2D eigenvalue weighted by Gasteiger charge is -2.02. The predicted molar refractivity (Wildman–Crippen MR) is 77.0 cm³/mol. The van der Waals surface area contributed by atoms with E-state index in [0.717, 1.165) is 5.56 Å². The Morgan fingerprint density at radius 1 is 1.52 bits per heavy atom. The summed E-state index contributed by atoms with van der Waals surface area (Å²) in [5.41, 5.74) is 1.50. The lowest BCUT2D eigenvalue weighted by atomic mass is 10.2. The highest BCUT2D eigenvalue weighted by Gasteiger charge is 2.02. The van der Waals surface area contributed by atoms with Crippen LogP contribution in [0.1, 0.15) is 11.1 Å². The van der Waals surface area contributed by atoms with Crippen molar-refractivity contribution in [3.8, 4) is 5.75 Å². The van der Waals surface area contributed by atoms with Gasteiger partial charge in [0.25, 0.3) is 0 Å². The highest BCUT2D eigenvalue weighted by atomic mass is 19.1. The van der Waals surface area contributed by atoms with Crippen LogP contribution in [0.4, 0.5) is 4.39 Å². The lowest BCUT2D eigenvalue weighted by molar-refractivity contribution is -0.116. The fourth-order valence-electron chi connectivity index (χ4n) is 1.77. The smallest absolute Gasteiger partial charge is 0.244 e. The predicted octanol–water partition coefficient (Wildman–Crippen LogP) is 1.90. The number of nitrogens with zero attached hydrogens (tertiary/aromatic N) is 2. The summed E-state index contributed by atoms with van der Waals surface area (Å²) in [5, 5.41) is 6.73. The summed E-state index contributed by atoms with van der Waals surface area (Å²) in [5.74, 6) is -0.543. The van der Waals surface area contributed by atoms with Crippen LogP contribution in [-0.2, 0) is 18.4 Å². The zero-order chi connectivity index (χ0) is 15.2. The molecular formula is C15H16FN3O2. The number of ether oxygens (including phenoxy) is 1. The van der Waals surface area contributed by atoms with Gasteiger partial charge in [-0.05, 0) is 23.8 Å². The van der Waals surface area contributed by atoms with Gasteiger partial charge in [-0.25, -0.2) is 4.39 Å². The number of hydrogen-bond acceptors (Lipinski definition) is 3. The topological polar surface area (TPSA) is 56.1 Å². The number of methoxy groups -OCH3 is 1. The van der Waals surface area contributed by atoms with Gasteiger partial charge in [0.15, 0.2) is 11.6 Å². The molecular weight excluding hydrogens is 273 g/mol. The molecule has 0 bridgehead atoms. The quantitative estimate of drug-likeness (QED) is 0.855. The maximum Gasteiger partial charge on any atom is 0.244 e. The summed E-state index contributed by atoms with van der Waals surface area (Å²) in [4.78, 5) is 11.7. The van der Waals surface area contributed by atoms with Gasteiger partial charge in [-0.1, -0.05) is 6.07 Å². The molecule has 21 heavy (non-hydrogen) atoms. The molecule has 0 aliphatic carbocycles. The standard InChI is InChI=1S/C15H16FN3O2/c1-19-10-12(9-18-19)8-17-15(20)6-4-11-3-5-14(21-2)13(16)7-11/h3-7,9-10H,8H2,1-2H3,(H,17,20)/b6-4+. The molecule has 0 unspecified atom stereocenters. The molecule has 0 saturated heterocycles. The summed E-state index contributed by atoms with van der Waals surface area (Å²) in [6.45, 7) is 0.397. The average Bonchev–Trinajstić information content (AvgIpc) is 2.89. The number of benzene rings is 1. The molecule has 5 nitrogen and oxygen atoms in total. The number of nitrogens with one attached hydrogen (secondary N) is 1. The summed E-state index contributed by atoms with van der Waals surface area (Å²) in [7, 11) is 3.21. The number of aromatic nitrogens is 2. The van der Waals surface area contributed by atoms with E-state index < -0.39 is 5.82 Å². The van der Waals surface area contributed by atoms with Crippen LogP contribution in [0.5, 0.6) is 5.75 Å². The van der Waals surface area contributed by atoms with E-state index in [4.69, 9.17) is 4.74 Å². The van der Waals surface area contributed by atoms with Crippen LogP contribution in [-0.4, -0.2) is 22.8 Å². The van der Waals surface area contributed by atoms with Gasteiger partial charge in [0.2, 0.25) is 5.91 Å². The fourth-order valence-corrected chi connectivity index (χ4v) is 1.77. The third-order valence-corrected chi connectivity index (χ3v) is 2.83. The van der Waals surface area contributed by atoms with Crippen molar-refractivity contribution in [1.82, 2.24) is 15.1 Å². The Balaban J connectivity index is 1.91. The minimum atomic E-state index is -0.463. The first kappa shape index (κ1) is 14.8. The molecule has 0 radical (unpaired) electrons. The minimum Gasteiger partial charge on any atom is -0.494 e. The molecule has 110 valence electrons. The van der Waals surface area contributed by atoms with E-state index in [9.17, 15) is 9.18 Å². The molecule has 0 atom stereocenters. The second kappa shape index (κ2) is 6.69. The Hall–Kier alpha value is -2.63. The number of carbonyl (C=O) groups excluding carboxylic acids is 1. The number of hydrogen-bond donors (Lipinski definition) is 1. The van der Waals surface area contributed by atoms with Crippen LogP contribution in [0.2, 0.25) is 0 Å². The molecule has 0 aliphatic rings. The maximum absolute atomic E-state index is 13.5. The first-order valence-corrected chi connectivity index (χ1v) is 6.35. The second-order valence-electron chi connectivity index (χ2n) is 4.47. The molecule has 1 heterocycles. The monoisotopic (exact) mass is 289 g/mol. The SMILES string of the molecule is COc1ccc(/C=C/C(=O)NCc2cnn(C)c2)cc1F. The van der Waals surface area contributed by atoms with Crippen molar-refractivity contribution in [3.05, 3.63) is 53.6 Å². The average molecular weight is 289 g/mol. The normalized spacial score (nSPS) is 10.8. The number of carbonyl (C=O) groups is 1. The summed E-state index contributed by atoms with van der Waals surface area (Å²) in [6.07, 6.45) is 6.41. The van der Waals surface area contributed by atoms with Gasteiger partial charge in [0.1, 0.15) is 0 Å². The van der Waals surface area contributed by atoms with Crippen LogP contribution >= 0.6 is 0 Å². The van der Waals surface area contributed by atoms with E-state index in [0.29, 0.717) is 12.1 Å². The van der Waals surface area contributed by atoms with E-state index in [2.05, 4.69) is 10.4 Å². The molecule has 1 N–H and O–H groups in total. The Morgan fingerprint density at radius 2 is 2.33 bits per heavy atom. The van der Waals surface area contributed by atoms with Gasteiger partial charge in [0.05, 0.1) is 13.3 Å². The first-order valence-electron chi connectivity index (χ1n) is 6.35. The molecule has 6 heteroatoms. The first-order chi connectivity index (χ1) is 10.1. The van der Waals surface area contributed by atoms with Gasteiger partial charge in [-0.15, -0.1) is 0 Å². The number of aryl methyl sites for hydroxylation is 1. The third-order valence-electron chi connectivity index (χ3n) is 2.83. The summed E-state index contributed by atoms with van der Waals surface area (Å²) in [6, 6.07) is 4.50. The van der Waals surface area contributed by atoms with E-state index in [-0.39, 0.29) is 11.7 Å². The van der Waals surface area contributed by atoms with Crippen LogP contribution in [0, 0.1) is 5.82 Å². The van der Waals surface area contributed by atoms with E-state index in [1.165, 1.54) is 25.3 Å². The van der Waals surface area contributed by atoms with Gasteiger partial charge in [-0.2, -0.15) is 5.10 Å². The summed E-state index contributed by atoms with van der Waals surface area (Å²) >= 11 is 0. The number of amides is 1. The van der Waals surface area contributed by atoms with E-state index in [1.54, 1.807) is 23.0 Å². The van der Waals surface area contributed by atoms with Crippen LogP contribution < -0.4 is 10.1 Å². The van der Waals surface area contributed by atoms with Crippen LogP contribution in [0.25, 0.3) is 6.08 Å². The maximum atomic E-state index is 13.5. The van der Waals surface area contributed by atoms with Crippen LogP contribution in [0.15, 0.2) is 36.7 Å². The number of halogens is 1. The lowest BCUT2D eigenvalue weighted by Crippen LogP contribution is -2.19. The van der Waals surface area contributed by atoms with Gasteiger partial charge in [0, 0.05) is 31.4 Å². The molecule has 0 saturated carbocycles. The van der Waals surface area contributed by atoms with Gasteiger partial charge in [-0.3, -0.25) is 9.48 Å². The zero-order valence-electron chi connectivity index (χ0n) is 11.8. The van der Waals surface area contributed by atoms with Crippen molar-refractivity contribution in [3.63, 3.8) is 0 Å². The van der Waals surface area contributed by atoms with Crippen molar-refractivity contribution in [1.29, 1.82) is 0 Å². The van der Waals surface area contributed by atoms with Crippen molar-refractivity contribution < 1.29 is 13.9 Å². The highest BCUT2D eigenvalue weighted by Crippen LogP contribution is 2.18. The van der Waals surface area contributed by atoms with Crippen molar-refractivity contribution in [2.24, 2.45) is 7.05 Å². The van der Waals surface area contributed by atoms with E-state index in [1.807, 2.05) is 13.2 Å². The molecule has 0 spiro atoms. The molecule has 2 rings (SSSR count). The Kier molecular flexibility index (Phi) is 4.71. The van der Waals surface area contributed by atoms with Gasteiger partial charge >= 0.3 is 0 Å². The van der Waals surface area contributed by atoms with Crippen molar-refractivity contribution in [2.45, 2.75) is 6.54 Å².